The summed E-state index contributed by atoms with van der Waals surface area (Å²) in [7, 11) is 0. The van der Waals surface area contributed by atoms with Crippen LogP contribution in [0.3, 0.4) is 0 Å². The highest BCUT2D eigenvalue weighted by Gasteiger charge is 2.11. The summed E-state index contributed by atoms with van der Waals surface area (Å²) in [6.07, 6.45) is 9.78. The molecular weight excluding hydrogens is 228 g/mol. The Bertz CT molecular complexity index is 318. The van der Waals surface area contributed by atoms with Gasteiger partial charge in [0.2, 0.25) is 0 Å². The zero-order valence-electron chi connectivity index (χ0n) is 11.1. The van der Waals surface area contributed by atoms with Gasteiger partial charge in [-0.1, -0.05) is 32.1 Å². The summed E-state index contributed by atoms with van der Waals surface area (Å²) >= 11 is 1.84. The average Bonchev–Trinajstić information content (AvgIpc) is 2.57. The van der Waals surface area contributed by atoms with E-state index in [9.17, 15) is 0 Å². The fourth-order valence-corrected chi connectivity index (χ4v) is 3.39. The maximum absolute atomic E-state index is 4.59. The van der Waals surface area contributed by atoms with Gasteiger partial charge < -0.3 is 5.32 Å². The minimum atomic E-state index is 0.722. The molecule has 1 N–H and O–H groups in total. The second-order valence-corrected chi connectivity index (χ2v) is 6.46. The fraction of sp³-hybridized carbons (Fsp3) is 0.786. The molecule has 0 atom stereocenters. The largest absolute Gasteiger partial charge is 0.308 e. The van der Waals surface area contributed by atoms with Gasteiger partial charge in [-0.05, 0) is 26.7 Å². The van der Waals surface area contributed by atoms with Crippen molar-refractivity contribution in [1.29, 1.82) is 0 Å². The van der Waals surface area contributed by atoms with E-state index in [4.69, 9.17) is 0 Å². The molecule has 0 spiro atoms. The molecule has 1 fully saturated rings. The summed E-state index contributed by atoms with van der Waals surface area (Å²) in [5.41, 5.74) is 1.20. The molecule has 0 radical (unpaired) electrons. The van der Waals surface area contributed by atoms with Crippen molar-refractivity contribution in [3.63, 3.8) is 0 Å². The van der Waals surface area contributed by atoms with Gasteiger partial charge in [-0.15, -0.1) is 11.3 Å². The van der Waals surface area contributed by atoms with Crippen LogP contribution in [-0.2, 0) is 6.54 Å². The Hall–Kier alpha value is -0.410. The SMILES string of the molecule is Cc1nc(CNC2CCCCCCC2)sc1C. The minimum absolute atomic E-state index is 0.722. The second kappa shape index (κ2) is 6.50. The molecule has 1 saturated carbocycles. The molecule has 0 saturated heterocycles. The Morgan fingerprint density at radius 3 is 2.35 bits per heavy atom. The van der Waals surface area contributed by atoms with Gasteiger partial charge in [-0.2, -0.15) is 0 Å². The molecule has 3 heteroatoms. The van der Waals surface area contributed by atoms with Crippen molar-refractivity contribution in [2.24, 2.45) is 0 Å². The molecule has 0 unspecified atom stereocenters. The van der Waals surface area contributed by atoms with Gasteiger partial charge in [-0.25, -0.2) is 4.98 Å². The average molecular weight is 252 g/mol. The van der Waals surface area contributed by atoms with Crippen molar-refractivity contribution in [1.82, 2.24) is 10.3 Å². The Morgan fingerprint density at radius 2 is 1.76 bits per heavy atom. The number of hydrogen-bond donors (Lipinski definition) is 1. The first kappa shape index (κ1) is 13.0. The summed E-state index contributed by atoms with van der Waals surface area (Å²) in [6.45, 7) is 5.22. The normalized spacial score (nSPS) is 18.9. The summed E-state index contributed by atoms with van der Waals surface area (Å²) in [5.74, 6) is 0. The molecule has 1 aromatic heterocycles. The molecule has 1 heterocycles. The first-order valence-electron chi connectivity index (χ1n) is 6.92. The number of aromatic nitrogens is 1. The van der Waals surface area contributed by atoms with Gasteiger partial charge in [-0.3, -0.25) is 0 Å². The van der Waals surface area contributed by atoms with Crippen molar-refractivity contribution in [3.05, 3.63) is 15.6 Å². The Balaban J connectivity index is 1.79. The maximum Gasteiger partial charge on any atom is 0.107 e. The first-order chi connectivity index (χ1) is 8.25. The van der Waals surface area contributed by atoms with Gasteiger partial charge in [0, 0.05) is 17.5 Å². The van der Waals surface area contributed by atoms with Crippen LogP contribution in [0.5, 0.6) is 0 Å². The van der Waals surface area contributed by atoms with Crippen molar-refractivity contribution >= 4 is 11.3 Å². The van der Waals surface area contributed by atoms with Crippen LogP contribution in [0.25, 0.3) is 0 Å². The van der Waals surface area contributed by atoms with Gasteiger partial charge in [0.1, 0.15) is 5.01 Å². The van der Waals surface area contributed by atoms with E-state index < -0.39 is 0 Å². The van der Waals surface area contributed by atoms with E-state index in [-0.39, 0.29) is 0 Å². The van der Waals surface area contributed by atoms with Crippen molar-refractivity contribution in [2.45, 2.75) is 71.4 Å². The predicted octanol–water partition coefficient (Wildman–Crippen LogP) is 3.96. The van der Waals surface area contributed by atoms with Crippen molar-refractivity contribution in [2.75, 3.05) is 0 Å². The number of hydrogen-bond acceptors (Lipinski definition) is 3. The van der Waals surface area contributed by atoms with E-state index in [0.717, 1.165) is 12.6 Å². The number of nitrogens with zero attached hydrogens (tertiary/aromatic N) is 1. The molecule has 0 bridgehead atoms. The van der Waals surface area contributed by atoms with Crippen molar-refractivity contribution in [3.8, 4) is 0 Å². The highest BCUT2D eigenvalue weighted by molar-refractivity contribution is 7.11. The maximum atomic E-state index is 4.59. The van der Waals surface area contributed by atoms with Gasteiger partial charge >= 0.3 is 0 Å². The zero-order valence-corrected chi connectivity index (χ0v) is 11.9. The van der Waals surface area contributed by atoms with Crippen molar-refractivity contribution < 1.29 is 0 Å². The standard InChI is InChI=1S/C14H24N2S/c1-11-12(2)17-14(16-11)10-15-13-8-6-4-3-5-7-9-13/h13,15H,3-10H2,1-2H3. The summed E-state index contributed by atoms with van der Waals surface area (Å²) < 4.78 is 0. The van der Waals surface area contributed by atoms with E-state index in [1.807, 2.05) is 11.3 Å². The topological polar surface area (TPSA) is 24.9 Å². The third-order valence-corrected chi connectivity index (χ3v) is 4.79. The summed E-state index contributed by atoms with van der Waals surface area (Å²) in [5, 5.41) is 4.95. The molecule has 1 aliphatic rings. The highest BCUT2D eigenvalue weighted by atomic mass is 32.1. The lowest BCUT2D eigenvalue weighted by molar-refractivity contribution is 0.388. The molecule has 17 heavy (non-hydrogen) atoms. The van der Waals surface area contributed by atoms with Crippen LogP contribution in [0.1, 0.15) is 60.5 Å². The summed E-state index contributed by atoms with van der Waals surface area (Å²) in [6, 6.07) is 0.722. The lowest BCUT2D eigenvalue weighted by Crippen LogP contribution is -2.29. The van der Waals surface area contributed by atoms with E-state index >= 15 is 0 Å². The Labute approximate surface area is 109 Å². The van der Waals surface area contributed by atoms with Crippen LogP contribution >= 0.6 is 11.3 Å². The van der Waals surface area contributed by atoms with Crippen LogP contribution in [0, 0.1) is 13.8 Å². The lowest BCUT2D eigenvalue weighted by atomic mass is 9.97. The third kappa shape index (κ3) is 4.07. The fourth-order valence-electron chi connectivity index (χ4n) is 2.51. The van der Waals surface area contributed by atoms with E-state index in [1.54, 1.807) is 0 Å². The monoisotopic (exact) mass is 252 g/mol. The molecular formula is C14H24N2S. The molecule has 2 rings (SSSR count). The zero-order chi connectivity index (χ0) is 12.1. The Kier molecular flexibility index (Phi) is 4.99. The molecule has 1 aliphatic carbocycles. The number of aryl methyl sites for hydroxylation is 2. The molecule has 2 nitrogen and oxygen atoms in total. The molecule has 96 valence electrons. The minimum Gasteiger partial charge on any atom is -0.308 e. The Morgan fingerprint density at radius 1 is 1.12 bits per heavy atom. The van der Waals surface area contributed by atoms with Gasteiger partial charge in [0.15, 0.2) is 0 Å². The lowest BCUT2D eigenvalue weighted by Gasteiger charge is -2.20. The molecule has 0 amide bonds. The predicted molar refractivity (Wildman–Crippen MR) is 74.5 cm³/mol. The van der Waals surface area contributed by atoms with E-state index in [0.29, 0.717) is 0 Å². The smallest absolute Gasteiger partial charge is 0.107 e. The van der Waals surface area contributed by atoms with Crippen LogP contribution < -0.4 is 5.32 Å². The molecule has 1 aromatic rings. The first-order valence-corrected chi connectivity index (χ1v) is 7.73. The van der Waals surface area contributed by atoms with Gasteiger partial charge in [0.05, 0.1) is 5.69 Å². The molecule has 0 aliphatic heterocycles. The second-order valence-electron chi connectivity index (χ2n) is 5.17. The number of thiazole rings is 1. The van der Waals surface area contributed by atoms with Crippen LogP contribution in [0.15, 0.2) is 0 Å². The van der Waals surface area contributed by atoms with E-state index in [2.05, 4.69) is 24.1 Å². The van der Waals surface area contributed by atoms with Crippen LogP contribution in [0.2, 0.25) is 0 Å². The van der Waals surface area contributed by atoms with Crippen LogP contribution in [0.4, 0.5) is 0 Å². The van der Waals surface area contributed by atoms with Gasteiger partial charge in [0.25, 0.3) is 0 Å². The highest BCUT2D eigenvalue weighted by Crippen LogP contribution is 2.19. The molecule has 0 aromatic carbocycles. The van der Waals surface area contributed by atoms with Crippen LogP contribution in [-0.4, -0.2) is 11.0 Å². The number of rotatable bonds is 3. The van der Waals surface area contributed by atoms with E-state index in [1.165, 1.54) is 60.5 Å². The third-order valence-electron chi connectivity index (χ3n) is 3.72. The number of nitrogens with one attached hydrogen (secondary N) is 1. The quantitative estimate of drug-likeness (QED) is 0.880. The summed E-state index contributed by atoms with van der Waals surface area (Å²) in [4.78, 5) is 5.95.